The van der Waals surface area contributed by atoms with Crippen molar-refractivity contribution in [2.75, 3.05) is 13.2 Å². The number of hydrogen-bond acceptors (Lipinski definition) is 4. The van der Waals surface area contributed by atoms with Crippen LogP contribution >= 0.6 is 0 Å². The van der Waals surface area contributed by atoms with Crippen molar-refractivity contribution in [3.8, 4) is 23.7 Å². The van der Waals surface area contributed by atoms with Gasteiger partial charge in [0.05, 0.1) is 0 Å². The summed E-state index contributed by atoms with van der Waals surface area (Å²) in [6.07, 6.45) is 5.27. The molecule has 0 fully saturated rings. The Morgan fingerprint density at radius 2 is 1.20 bits per heavy atom. The lowest BCUT2D eigenvalue weighted by molar-refractivity contribution is -0.167. The molecule has 0 N–H and O–H groups in total. The van der Waals surface area contributed by atoms with E-state index in [1.165, 1.54) is 0 Å². The molecule has 0 aliphatic rings. The first-order valence-corrected chi connectivity index (χ1v) is 6.19. The predicted molar refractivity (Wildman–Crippen MR) is 76.3 cm³/mol. The molecule has 0 atom stereocenters. The van der Waals surface area contributed by atoms with Gasteiger partial charge in [0.2, 0.25) is 0 Å². The molecule has 0 aliphatic carbocycles. The number of allylic oxidation sites excluding steroid dienone is 2. The minimum Gasteiger partial charge on any atom is -0.456 e. The first-order chi connectivity index (χ1) is 9.72. The van der Waals surface area contributed by atoms with E-state index in [4.69, 9.17) is 0 Å². The van der Waals surface area contributed by atoms with Crippen molar-refractivity contribution in [3.63, 3.8) is 0 Å². The van der Waals surface area contributed by atoms with E-state index in [9.17, 15) is 9.59 Å². The van der Waals surface area contributed by atoms with Gasteiger partial charge in [-0.2, -0.15) is 0 Å². The van der Waals surface area contributed by atoms with Crippen LogP contribution in [0.5, 0.6) is 0 Å². The van der Waals surface area contributed by atoms with Crippen LogP contribution in [0.25, 0.3) is 0 Å². The molecule has 0 spiro atoms. The normalized spacial score (nSPS) is 8.20. The third-order valence-corrected chi connectivity index (χ3v) is 1.83. The third kappa shape index (κ3) is 10.7. The number of carbonyl (C=O) groups excluding carboxylic acids is 2. The molecule has 0 unspecified atom stereocenters. The summed E-state index contributed by atoms with van der Waals surface area (Å²) in [4.78, 5) is 22.4. The Hall–Kier alpha value is -2.46. The van der Waals surface area contributed by atoms with Gasteiger partial charge in [0, 0.05) is 25.7 Å². The van der Waals surface area contributed by atoms with Crippen LogP contribution in [-0.4, -0.2) is 25.2 Å². The summed E-state index contributed by atoms with van der Waals surface area (Å²) >= 11 is 0. The van der Waals surface area contributed by atoms with Gasteiger partial charge in [-0.15, -0.1) is 13.2 Å². The number of hydrogen-bond donors (Lipinski definition) is 0. The van der Waals surface area contributed by atoms with E-state index in [-0.39, 0.29) is 13.2 Å². The minimum atomic E-state index is -1.01. The summed E-state index contributed by atoms with van der Waals surface area (Å²) in [6, 6.07) is 0. The fourth-order valence-corrected chi connectivity index (χ4v) is 0.973. The fourth-order valence-electron chi connectivity index (χ4n) is 0.973. The molecule has 4 nitrogen and oxygen atoms in total. The topological polar surface area (TPSA) is 52.6 Å². The van der Waals surface area contributed by atoms with Crippen LogP contribution in [0.4, 0.5) is 0 Å². The highest BCUT2D eigenvalue weighted by Crippen LogP contribution is 1.90. The third-order valence-electron chi connectivity index (χ3n) is 1.83. The Balaban J connectivity index is 3.70. The molecule has 0 aromatic carbocycles. The molecule has 0 amide bonds. The molecule has 0 saturated heterocycles. The smallest absolute Gasteiger partial charge is 0.417 e. The van der Waals surface area contributed by atoms with Gasteiger partial charge in [0.1, 0.15) is 13.2 Å². The highest BCUT2D eigenvalue weighted by Gasteiger charge is 2.16. The fraction of sp³-hybridized carbons (Fsp3) is 0.375. The van der Waals surface area contributed by atoms with Gasteiger partial charge in [0.15, 0.2) is 0 Å². The van der Waals surface area contributed by atoms with Crippen molar-refractivity contribution in [1.29, 1.82) is 0 Å². The monoisotopic (exact) mass is 274 g/mol. The Kier molecular flexibility index (Phi) is 11.4. The van der Waals surface area contributed by atoms with Crippen LogP contribution in [0.3, 0.4) is 0 Å². The van der Waals surface area contributed by atoms with E-state index in [0.29, 0.717) is 25.7 Å². The Bertz CT molecular complexity index is 410. The standard InChI is InChI=1S/C16H18O4/c1-3-5-7-9-11-13-19-15(17)16(18)20-14-12-10-8-6-4-2/h3-4H,1-2,5-6,11-14H2. The van der Waals surface area contributed by atoms with E-state index < -0.39 is 11.9 Å². The summed E-state index contributed by atoms with van der Waals surface area (Å²) in [5, 5.41) is 0. The molecule has 20 heavy (non-hydrogen) atoms. The number of ether oxygens (including phenoxy) is 2. The van der Waals surface area contributed by atoms with Crippen LogP contribution in [0.2, 0.25) is 0 Å². The first kappa shape index (κ1) is 17.5. The van der Waals surface area contributed by atoms with E-state index in [1.807, 2.05) is 0 Å². The second-order valence-electron chi connectivity index (χ2n) is 3.46. The maximum atomic E-state index is 11.2. The van der Waals surface area contributed by atoms with Gasteiger partial charge in [-0.1, -0.05) is 35.8 Å². The van der Waals surface area contributed by atoms with Crippen LogP contribution < -0.4 is 0 Å². The number of esters is 2. The predicted octanol–water partition coefficient (Wildman–Crippen LogP) is 2.01. The molecule has 0 radical (unpaired) electrons. The quantitative estimate of drug-likeness (QED) is 0.244. The average molecular weight is 274 g/mol. The zero-order chi connectivity index (χ0) is 15.1. The maximum Gasteiger partial charge on any atom is 0.417 e. The van der Waals surface area contributed by atoms with Crippen molar-refractivity contribution in [2.24, 2.45) is 0 Å². The lowest BCUT2D eigenvalue weighted by Crippen LogP contribution is -2.21. The summed E-state index contributed by atoms with van der Waals surface area (Å²) in [5.41, 5.74) is 0. The van der Waals surface area contributed by atoms with Crippen molar-refractivity contribution in [1.82, 2.24) is 0 Å². The molecule has 0 bridgehead atoms. The minimum absolute atomic E-state index is 0.0667. The van der Waals surface area contributed by atoms with Gasteiger partial charge in [-0.3, -0.25) is 0 Å². The van der Waals surface area contributed by atoms with Gasteiger partial charge in [0.25, 0.3) is 0 Å². The number of carbonyl (C=O) groups is 2. The second kappa shape index (κ2) is 13.0. The van der Waals surface area contributed by atoms with E-state index >= 15 is 0 Å². The second-order valence-corrected chi connectivity index (χ2v) is 3.46. The Labute approximate surface area is 119 Å². The SMILES string of the molecule is C=CCC#CCCOC(=O)C(=O)OCCC#CCC=C. The van der Waals surface area contributed by atoms with Gasteiger partial charge < -0.3 is 9.47 Å². The molecule has 4 heteroatoms. The molecule has 0 heterocycles. The Morgan fingerprint density at radius 3 is 1.55 bits per heavy atom. The van der Waals surface area contributed by atoms with Gasteiger partial charge in [-0.25, -0.2) is 9.59 Å². The van der Waals surface area contributed by atoms with E-state index in [2.05, 4.69) is 46.3 Å². The van der Waals surface area contributed by atoms with Crippen molar-refractivity contribution in [3.05, 3.63) is 25.3 Å². The maximum absolute atomic E-state index is 11.2. The summed E-state index contributed by atoms with van der Waals surface area (Å²) < 4.78 is 9.38. The van der Waals surface area contributed by atoms with E-state index in [1.54, 1.807) is 12.2 Å². The average Bonchev–Trinajstić information content (AvgIpc) is 2.45. The van der Waals surface area contributed by atoms with Crippen LogP contribution in [0, 0.1) is 23.7 Å². The molecule has 0 rings (SSSR count). The van der Waals surface area contributed by atoms with E-state index in [0.717, 1.165) is 0 Å². The zero-order valence-electron chi connectivity index (χ0n) is 11.4. The molecule has 0 saturated carbocycles. The highest BCUT2D eigenvalue weighted by molar-refractivity contribution is 6.29. The molecule has 0 aliphatic heterocycles. The van der Waals surface area contributed by atoms with Crippen LogP contribution in [-0.2, 0) is 19.1 Å². The zero-order valence-corrected chi connectivity index (χ0v) is 11.4. The largest absolute Gasteiger partial charge is 0.456 e. The lowest BCUT2D eigenvalue weighted by Gasteiger charge is -2.02. The molecular formula is C16H18O4. The molecular weight excluding hydrogens is 256 g/mol. The lowest BCUT2D eigenvalue weighted by atomic mass is 10.4. The van der Waals surface area contributed by atoms with Crippen molar-refractivity contribution >= 4 is 11.9 Å². The highest BCUT2D eigenvalue weighted by atomic mass is 16.6. The van der Waals surface area contributed by atoms with Crippen LogP contribution in [0.15, 0.2) is 25.3 Å². The first-order valence-electron chi connectivity index (χ1n) is 6.19. The Morgan fingerprint density at radius 1 is 0.800 bits per heavy atom. The summed E-state index contributed by atoms with van der Waals surface area (Å²) in [6.45, 7) is 7.17. The van der Waals surface area contributed by atoms with Gasteiger partial charge in [-0.05, 0) is 0 Å². The number of rotatable bonds is 6. The van der Waals surface area contributed by atoms with Crippen molar-refractivity contribution in [2.45, 2.75) is 25.7 Å². The summed E-state index contributed by atoms with van der Waals surface area (Å²) in [7, 11) is 0. The molecule has 106 valence electrons. The van der Waals surface area contributed by atoms with Crippen LogP contribution in [0.1, 0.15) is 25.7 Å². The summed E-state index contributed by atoms with van der Waals surface area (Å²) in [5.74, 6) is 9.14. The molecule has 0 aromatic heterocycles. The van der Waals surface area contributed by atoms with Crippen molar-refractivity contribution < 1.29 is 19.1 Å². The molecule has 0 aromatic rings. The van der Waals surface area contributed by atoms with Gasteiger partial charge >= 0.3 is 11.9 Å².